The number of hydrogen-bond donors (Lipinski definition) is 2. The van der Waals surface area contributed by atoms with Crippen LogP contribution in [0.25, 0.3) is 0 Å². The number of alkyl halides is 1. The summed E-state index contributed by atoms with van der Waals surface area (Å²) >= 11 is 5.48. The lowest BCUT2D eigenvalue weighted by atomic mass is 10.1. The van der Waals surface area contributed by atoms with Gasteiger partial charge in [0.25, 0.3) is 0 Å². The lowest BCUT2D eigenvalue weighted by Gasteiger charge is -2.08. The normalized spacial score (nSPS) is 11.4. The quantitative estimate of drug-likeness (QED) is 0.720. The van der Waals surface area contributed by atoms with Crippen LogP contribution >= 0.6 is 11.6 Å². The van der Waals surface area contributed by atoms with Crippen molar-refractivity contribution in [3.63, 3.8) is 0 Å². The van der Waals surface area contributed by atoms with Gasteiger partial charge in [0, 0.05) is 18.2 Å². The highest BCUT2D eigenvalue weighted by Gasteiger charge is 2.09. The molecule has 2 N–H and O–H groups in total. The van der Waals surface area contributed by atoms with Gasteiger partial charge in [0.2, 0.25) is 10.0 Å². The fourth-order valence-electron chi connectivity index (χ4n) is 1.55. The molecule has 0 amide bonds. The second kappa shape index (κ2) is 7.61. The molecule has 0 fully saturated rings. The second-order valence-corrected chi connectivity index (χ2v) is 6.21. The molecule has 0 radical (unpaired) electrons. The zero-order chi connectivity index (χ0) is 13.4. The molecule has 0 aliphatic carbocycles. The summed E-state index contributed by atoms with van der Waals surface area (Å²) in [7, 11) is -3.32. The zero-order valence-electron chi connectivity index (χ0n) is 10.1. The van der Waals surface area contributed by atoms with Crippen LogP contribution in [0.15, 0.2) is 24.3 Å². The summed E-state index contributed by atoms with van der Waals surface area (Å²) in [5, 5.41) is 8.76. The molecule has 0 aliphatic heterocycles. The van der Waals surface area contributed by atoms with E-state index < -0.39 is 10.0 Å². The fourth-order valence-corrected chi connectivity index (χ4v) is 2.95. The highest BCUT2D eigenvalue weighted by atomic mass is 35.5. The van der Waals surface area contributed by atoms with Gasteiger partial charge in [-0.2, -0.15) is 0 Å². The topological polar surface area (TPSA) is 66.4 Å². The van der Waals surface area contributed by atoms with Crippen LogP contribution in [0.1, 0.15) is 18.4 Å². The predicted molar refractivity (Wildman–Crippen MR) is 74.6 cm³/mol. The van der Waals surface area contributed by atoms with E-state index in [1.54, 1.807) is 18.2 Å². The molecule has 0 saturated carbocycles. The van der Waals surface area contributed by atoms with Crippen LogP contribution in [0.5, 0.6) is 0 Å². The molecule has 1 aromatic carbocycles. The molecule has 102 valence electrons. The smallest absolute Gasteiger partial charge is 0.232 e. The van der Waals surface area contributed by atoms with E-state index in [1.165, 1.54) is 0 Å². The molecule has 0 unspecified atom stereocenters. The van der Waals surface area contributed by atoms with Crippen molar-refractivity contribution in [1.29, 1.82) is 0 Å². The number of aliphatic hydroxyl groups excluding tert-OH is 1. The Morgan fingerprint density at radius 3 is 2.72 bits per heavy atom. The van der Waals surface area contributed by atoms with E-state index in [0.717, 1.165) is 12.0 Å². The number of halogens is 1. The van der Waals surface area contributed by atoms with Crippen molar-refractivity contribution in [3.05, 3.63) is 29.8 Å². The van der Waals surface area contributed by atoms with Gasteiger partial charge in [0.05, 0.1) is 5.75 Å². The molecule has 0 atom stereocenters. The summed E-state index contributed by atoms with van der Waals surface area (Å²) in [6, 6.07) is 7.20. The SMILES string of the molecule is O=S(=O)(CCCCl)Nc1cccc(CCCO)c1. The summed E-state index contributed by atoms with van der Waals surface area (Å²) in [5.74, 6) is 0.356. The van der Waals surface area contributed by atoms with Gasteiger partial charge < -0.3 is 5.11 Å². The largest absolute Gasteiger partial charge is 0.396 e. The molecule has 6 heteroatoms. The molecule has 1 aromatic rings. The third-order valence-corrected chi connectivity index (χ3v) is 4.01. The van der Waals surface area contributed by atoms with Crippen molar-refractivity contribution < 1.29 is 13.5 Å². The third-order valence-electron chi connectivity index (χ3n) is 2.37. The number of hydrogen-bond acceptors (Lipinski definition) is 3. The highest BCUT2D eigenvalue weighted by Crippen LogP contribution is 2.14. The first kappa shape index (κ1) is 15.3. The average molecular weight is 292 g/mol. The maximum Gasteiger partial charge on any atom is 0.232 e. The van der Waals surface area contributed by atoms with Crippen LogP contribution in [-0.2, 0) is 16.4 Å². The minimum atomic E-state index is -3.32. The van der Waals surface area contributed by atoms with E-state index in [9.17, 15) is 8.42 Å². The number of rotatable bonds is 8. The number of sulfonamides is 1. The summed E-state index contributed by atoms with van der Waals surface area (Å²) in [5.41, 5.74) is 1.56. The van der Waals surface area contributed by atoms with Crippen LogP contribution < -0.4 is 4.72 Å². The molecule has 0 aromatic heterocycles. The number of nitrogens with one attached hydrogen (secondary N) is 1. The van der Waals surface area contributed by atoms with Crippen LogP contribution in [0.3, 0.4) is 0 Å². The Kier molecular flexibility index (Phi) is 6.46. The Morgan fingerprint density at radius 2 is 2.06 bits per heavy atom. The number of benzene rings is 1. The highest BCUT2D eigenvalue weighted by molar-refractivity contribution is 7.92. The van der Waals surface area contributed by atoms with E-state index in [-0.39, 0.29) is 12.4 Å². The predicted octanol–water partition coefficient (Wildman–Crippen LogP) is 1.98. The van der Waals surface area contributed by atoms with Crippen molar-refractivity contribution >= 4 is 27.3 Å². The maximum atomic E-state index is 11.7. The Balaban J connectivity index is 2.66. The van der Waals surface area contributed by atoms with E-state index in [2.05, 4.69) is 4.72 Å². The second-order valence-electron chi connectivity index (χ2n) is 3.99. The molecule has 0 heterocycles. The van der Waals surface area contributed by atoms with E-state index in [0.29, 0.717) is 24.4 Å². The zero-order valence-corrected chi connectivity index (χ0v) is 11.7. The van der Waals surface area contributed by atoms with Gasteiger partial charge in [-0.1, -0.05) is 12.1 Å². The maximum absolute atomic E-state index is 11.7. The van der Waals surface area contributed by atoms with Crippen LogP contribution in [0.4, 0.5) is 5.69 Å². The third kappa shape index (κ3) is 5.71. The molecule has 0 spiro atoms. The molecule has 4 nitrogen and oxygen atoms in total. The van der Waals surface area contributed by atoms with E-state index in [4.69, 9.17) is 16.7 Å². The first-order valence-electron chi connectivity index (χ1n) is 5.83. The van der Waals surface area contributed by atoms with Gasteiger partial charge in [-0.3, -0.25) is 4.72 Å². The van der Waals surface area contributed by atoms with Crippen molar-refractivity contribution in [2.24, 2.45) is 0 Å². The van der Waals surface area contributed by atoms with Gasteiger partial charge in [-0.25, -0.2) is 8.42 Å². The number of aryl methyl sites for hydroxylation is 1. The Morgan fingerprint density at radius 1 is 1.28 bits per heavy atom. The molecule has 18 heavy (non-hydrogen) atoms. The molecule has 0 bridgehead atoms. The molecule has 1 rings (SSSR count). The van der Waals surface area contributed by atoms with Gasteiger partial charge in [0.1, 0.15) is 0 Å². The Labute approximate surface area is 113 Å². The van der Waals surface area contributed by atoms with Gasteiger partial charge in [-0.05, 0) is 37.0 Å². The lowest BCUT2D eigenvalue weighted by Crippen LogP contribution is -2.17. The Hall–Kier alpha value is -0.780. The minimum absolute atomic E-state index is 0.0252. The summed E-state index contributed by atoms with van der Waals surface area (Å²) in [6.45, 7) is 0.131. The first-order valence-corrected chi connectivity index (χ1v) is 8.02. The van der Waals surface area contributed by atoms with Crippen molar-refractivity contribution in [1.82, 2.24) is 0 Å². The first-order chi connectivity index (χ1) is 8.57. The van der Waals surface area contributed by atoms with E-state index in [1.807, 2.05) is 6.07 Å². The van der Waals surface area contributed by atoms with Crippen molar-refractivity contribution in [3.8, 4) is 0 Å². The molecular weight excluding hydrogens is 274 g/mol. The standard InChI is InChI=1S/C12H18ClNO3S/c13-7-3-9-18(16,17)14-12-6-1-4-11(10-12)5-2-8-15/h1,4,6,10,14-15H,2-3,5,7-9H2. The van der Waals surface area contributed by atoms with Crippen molar-refractivity contribution in [2.45, 2.75) is 19.3 Å². The number of aliphatic hydroxyl groups is 1. The lowest BCUT2D eigenvalue weighted by molar-refractivity contribution is 0.288. The van der Waals surface area contributed by atoms with Crippen LogP contribution in [0, 0.1) is 0 Å². The average Bonchev–Trinajstić information content (AvgIpc) is 2.34. The van der Waals surface area contributed by atoms with E-state index >= 15 is 0 Å². The van der Waals surface area contributed by atoms with Crippen molar-refractivity contribution in [2.75, 3.05) is 23.0 Å². The monoisotopic (exact) mass is 291 g/mol. The Bertz CT molecular complexity index is 462. The van der Waals surface area contributed by atoms with Gasteiger partial charge >= 0.3 is 0 Å². The van der Waals surface area contributed by atoms with Crippen LogP contribution in [0.2, 0.25) is 0 Å². The molecular formula is C12H18ClNO3S. The van der Waals surface area contributed by atoms with Crippen LogP contribution in [-0.4, -0.2) is 31.8 Å². The summed E-state index contributed by atoms with van der Waals surface area (Å²) < 4.78 is 25.9. The minimum Gasteiger partial charge on any atom is -0.396 e. The van der Waals surface area contributed by atoms with Gasteiger partial charge in [-0.15, -0.1) is 11.6 Å². The summed E-state index contributed by atoms with van der Waals surface area (Å²) in [6.07, 6.45) is 1.83. The molecule has 0 saturated heterocycles. The molecule has 0 aliphatic rings. The van der Waals surface area contributed by atoms with Gasteiger partial charge in [0.15, 0.2) is 0 Å². The number of anilines is 1. The fraction of sp³-hybridized carbons (Fsp3) is 0.500. The summed E-state index contributed by atoms with van der Waals surface area (Å²) in [4.78, 5) is 0.